The highest BCUT2D eigenvalue weighted by molar-refractivity contribution is 6.15. The van der Waals surface area contributed by atoms with Crippen LogP contribution in [0.15, 0.2) is 168 Å². The van der Waals surface area contributed by atoms with E-state index in [0.29, 0.717) is 0 Å². The molecule has 0 unspecified atom stereocenters. The van der Waals surface area contributed by atoms with Gasteiger partial charge in [0.1, 0.15) is 11.2 Å². The largest absolute Gasteiger partial charge is 0.455 e. The fraction of sp³-hybridized carbons (Fsp3) is 0. The first-order chi connectivity index (χ1) is 20.8. The number of hydrogen-bond donors (Lipinski definition) is 0. The Balaban J connectivity index is 1.21. The number of nitrogens with zero attached hydrogens (tertiary/aromatic N) is 1. The van der Waals surface area contributed by atoms with Gasteiger partial charge in [0.25, 0.3) is 0 Å². The van der Waals surface area contributed by atoms with Gasteiger partial charge in [0.05, 0.1) is 0 Å². The fourth-order valence-electron chi connectivity index (χ4n) is 5.97. The van der Waals surface area contributed by atoms with Gasteiger partial charge < -0.3 is 9.32 Å². The molecule has 42 heavy (non-hydrogen) atoms. The average molecular weight is 538 g/mol. The zero-order valence-corrected chi connectivity index (χ0v) is 22.9. The van der Waals surface area contributed by atoms with E-state index < -0.39 is 0 Å². The van der Waals surface area contributed by atoms with Gasteiger partial charge in [0.15, 0.2) is 0 Å². The Labute approximate surface area is 244 Å². The van der Waals surface area contributed by atoms with Gasteiger partial charge in [-0.1, -0.05) is 109 Å². The maximum atomic E-state index is 6.53. The lowest BCUT2D eigenvalue weighted by Gasteiger charge is -2.25. The van der Waals surface area contributed by atoms with Crippen LogP contribution in [-0.2, 0) is 0 Å². The van der Waals surface area contributed by atoms with Crippen LogP contribution in [0.4, 0.5) is 17.1 Å². The van der Waals surface area contributed by atoms with Crippen LogP contribution in [0.1, 0.15) is 0 Å². The Hall–Kier alpha value is -5.60. The first kappa shape index (κ1) is 24.2. The van der Waals surface area contributed by atoms with Crippen LogP contribution in [0.25, 0.3) is 55.0 Å². The molecule has 0 saturated heterocycles. The lowest BCUT2D eigenvalue weighted by Crippen LogP contribution is -2.09. The second-order valence-corrected chi connectivity index (χ2v) is 10.6. The normalized spacial score (nSPS) is 11.3. The minimum Gasteiger partial charge on any atom is -0.455 e. The van der Waals surface area contributed by atoms with Gasteiger partial charge in [-0.2, -0.15) is 0 Å². The molecule has 198 valence electrons. The molecule has 8 aromatic rings. The maximum absolute atomic E-state index is 6.53. The lowest BCUT2D eigenvalue weighted by molar-refractivity contribution is 0.672. The smallest absolute Gasteiger partial charge is 0.143 e. The number of furan rings is 1. The Morgan fingerprint density at radius 1 is 0.357 bits per heavy atom. The van der Waals surface area contributed by atoms with Crippen LogP contribution in [0.2, 0.25) is 0 Å². The second-order valence-electron chi connectivity index (χ2n) is 10.6. The molecule has 0 radical (unpaired) electrons. The summed E-state index contributed by atoms with van der Waals surface area (Å²) >= 11 is 0. The highest BCUT2D eigenvalue weighted by Gasteiger charge is 2.16. The molecule has 0 N–H and O–H groups in total. The van der Waals surface area contributed by atoms with Crippen molar-refractivity contribution in [3.8, 4) is 22.3 Å². The zero-order chi connectivity index (χ0) is 27.9. The average Bonchev–Trinajstić information content (AvgIpc) is 3.45. The van der Waals surface area contributed by atoms with Crippen molar-refractivity contribution >= 4 is 49.8 Å². The van der Waals surface area contributed by atoms with Crippen molar-refractivity contribution in [2.75, 3.05) is 4.90 Å². The van der Waals surface area contributed by atoms with E-state index >= 15 is 0 Å². The summed E-state index contributed by atoms with van der Waals surface area (Å²) in [5, 5.41) is 4.59. The van der Waals surface area contributed by atoms with Gasteiger partial charge in [-0.25, -0.2) is 0 Å². The number of hydrogen-bond acceptors (Lipinski definition) is 2. The predicted octanol–water partition coefficient (Wildman–Crippen LogP) is 11.5. The van der Waals surface area contributed by atoms with E-state index in [9.17, 15) is 0 Å². The van der Waals surface area contributed by atoms with E-state index in [0.717, 1.165) is 44.4 Å². The highest BCUT2D eigenvalue weighted by atomic mass is 16.3. The highest BCUT2D eigenvalue weighted by Crippen LogP contribution is 2.40. The Kier molecular flexibility index (Phi) is 5.82. The number of fused-ring (bicyclic) bond motifs is 5. The molecule has 1 heterocycles. The molecule has 0 atom stereocenters. The Morgan fingerprint density at radius 3 is 1.74 bits per heavy atom. The zero-order valence-electron chi connectivity index (χ0n) is 22.9. The van der Waals surface area contributed by atoms with Crippen molar-refractivity contribution in [2.45, 2.75) is 0 Å². The van der Waals surface area contributed by atoms with Crippen LogP contribution in [0, 0.1) is 0 Å². The third-order valence-electron chi connectivity index (χ3n) is 8.05. The van der Waals surface area contributed by atoms with Crippen molar-refractivity contribution in [2.24, 2.45) is 0 Å². The summed E-state index contributed by atoms with van der Waals surface area (Å²) in [6, 6.07) is 57.9. The minimum atomic E-state index is 0.883. The summed E-state index contributed by atoms with van der Waals surface area (Å²) in [6.07, 6.45) is 0. The fourth-order valence-corrected chi connectivity index (χ4v) is 5.97. The third-order valence-corrected chi connectivity index (χ3v) is 8.05. The first-order valence-electron chi connectivity index (χ1n) is 14.3. The Bertz CT molecular complexity index is 2180. The van der Waals surface area contributed by atoms with Gasteiger partial charge in [-0.05, 0) is 76.2 Å². The summed E-state index contributed by atoms with van der Waals surface area (Å²) in [5.74, 6) is 0. The van der Waals surface area contributed by atoms with Gasteiger partial charge in [0.2, 0.25) is 0 Å². The van der Waals surface area contributed by atoms with Crippen LogP contribution in [0.3, 0.4) is 0 Å². The molecule has 8 rings (SSSR count). The van der Waals surface area contributed by atoms with Crippen molar-refractivity contribution < 1.29 is 4.42 Å². The maximum Gasteiger partial charge on any atom is 0.143 e. The summed E-state index contributed by atoms with van der Waals surface area (Å²) in [7, 11) is 0. The van der Waals surface area contributed by atoms with Gasteiger partial charge in [-0.15, -0.1) is 0 Å². The quantitative estimate of drug-likeness (QED) is 0.217. The van der Waals surface area contributed by atoms with Crippen molar-refractivity contribution in [3.05, 3.63) is 164 Å². The molecule has 1 aromatic heterocycles. The molecule has 0 aliphatic carbocycles. The van der Waals surface area contributed by atoms with E-state index in [-0.39, 0.29) is 0 Å². The summed E-state index contributed by atoms with van der Waals surface area (Å²) in [4.78, 5) is 2.29. The first-order valence-corrected chi connectivity index (χ1v) is 14.3. The van der Waals surface area contributed by atoms with Crippen LogP contribution < -0.4 is 4.90 Å². The van der Waals surface area contributed by atoms with Gasteiger partial charge in [0, 0.05) is 39.3 Å². The molecule has 0 amide bonds. The number of para-hydroxylation sites is 1. The van der Waals surface area contributed by atoms with E-state index in [2.05, 4.69) is 169 Å². The monoisotopic (exact) mass is 537 g/mol. The molecule has 7 aromatic carbocycles. The van der Waals surface area contributed by atoms with Gasteiger partial charge >= 0.3 is 0 Å². The topological polar surface area (TPSA) is 16.4 Å². The molecule has 0 bridgehead atoms. The van der Waals surface area contributed by atoms with E-state index in [1.54, 1.807) is 0 Å². The third kappa shape index (κ3) is 4.22. The van der Waals surface area contributed by atoms with E-state index in [1.807, 2.05) is 0 Å². The number of benzene rings is 7. The molecule has 0 spiro atoms. The molecular weight excluding hydrogens is 510 g/mol. The second kappa shape index (κ2) is 10.1. The summed E-state index contributed by atoms with van der Waals surface area (Å²) in [5.41, 5.74) is 9.88. The number of rotatable bonds is 5. The van der Waals surface area contributed by atoms with Crippen LogP contribution in [-0.4, -0.2) is 0 Å². The summed E-state index contributed by atoms with van der Waals surface area (Å²) < 4.78 is 6.53. The minimum absolute atomic E-state index is 0.883. The molecule has 2 heteroatoms. The molecule has 0 aliphatic heterocycles. The van der Waals surface area contributed by atoms with Crippen LogP contribution in [0.5, 0.6) is 0 Å². The molecule has 0 fully saturated rings. The van der Waals surface area contributed by atoms with Crippen molar-refractivity contribution in [3.63, 3.8) is 0 Å². The molecule has 0 saturated carbocycles. The van der Waals surface area contributed by atoms with Crippen molar-refractivity contribution in [1.82, 2.24) is 0 Å². The standard InChI is InChI=1S/C40H27NO/c1-3-10-28(11-4-1)31-13-9-14-32(26-31)29-18-21-34(22-19-29)41(33-15-5-2-6-16-33)35-23-25-37-38-24-20-30-12-7-8-17-36(30)40(38)42-39(37)27-35/h1-27H. The lowest BCUT2D eigenvalue weighted by atomic mass is 9.99. The number of anilines is 3. The predicted molar refractivity (Wildman–Crippen MR) is 177 cm³/mol. The molecule has 2 nitrogen and oxygen atoms in total. The molecule has 0 aliphatic rings. The van der Waals surface area contributed by atoms with E-state index in [4.69, 9.17) is 4.42 Å². The summed E-state index contributed by atoms with van der Waals surface area (Å²) in [6.45, 7) is 0. The van der Waals surface area contributed by atoms with E-state index in [1.165, 1.54) is 27.6 Å². The van der Waals surface area contributed by atoms with Crippen LogP contribution >= 0.6 is 0 Å². The molecular formula is C40H27NO. The SMILES string of the molecule is c1ccc(-c2cccc(-c3ccc(N(c4ccccc4)c4ccc5c(c4)oc4c6ccccc6ccc54)cc3)c2)cc1. The van der Waals surface area contributed by atoms with Gasteiger partial charge in [-0.3, -0.25) is 0 Å². The Morgan fingerprint density at radius 2 is 0.952 bits per heavy atom. The van der Waals surface area contributed by atoms with Crippen molar-refractivity contribution in [1.29, 1.82) is 0 Å².